The Morgan fingerprint density at radius 1 is 0.897 bits per heavy atom. The van der Waals surface area contributed by atoms with Crippen molar-refractivity contribution >= 4 is 23.9 Å². The predicted molar refractivity (Wildman–Crippen MR) is 91.9 cm³/mol. The van der Waals surface area contributed by atoms with Gasteiger partial charge in [-0.1, -0.05) is 5.11 Å². The molecule has 13 heteroatoms. The third kappa shape index (κ3) is 8.34. The van der Waals surface area contributed by atoms with Gasteiger partial charge in [0.25, 0.3) is 0 Å². The first-order valence-corrected chi connectivity index (χ1v) is 8.58. The zero-order valence-electron chi connectivity index (χ0n) is 16.4. The smallest absolute Gasteiger partial charge is 0.303 e. The molecule has 0 saturated carbocycles. The van der Waals surface area contributed by atoms with Crippen molar-refractivity contribution in [3.05, 3.63) is 10.4 Å². The summed E-state index contributed by atoms with van der Waals surface area (Å²) in [6.07, 6.45) is -6.25. The van der Waals surface area contributed by atoms with Gasteiger partial charge in [0.05, 0.1) is 6.61 Å². The monoisotopic (exact) mass is 417 g/mol. The number of azide groups is 1. The molecule has 0 spiro atoms. The van der Waals surface area contributed by atoms with Crippen LogP contribution in [0.25, 0.3) is 10.4 Å². The highest BCUT2D eigenvalue weighted by molar-refractivity contribution is 5.68. The molecule has 0 N–H and O–H groups in total. The third-order valence-corrected chi connectivity index (χ3v) is 3.48. The second-order valence-corrected chi connectivity index (χ2v) is 5.89. The molecule has 1 aliphatic heterocycles. The molecular formula is C16H23N3O10. The van der Waals surface area contributed by atoms with Crippen molar-refractivity contribution in [2.45, 2.75) is 58.4 Å². The minimum Gasteiger partial charge on any atom is -0.463 e. The maximum atomic E-state index is 11.6. The second-order valence-electron chi connectivity index (χ2n) is 5.89. The van der Waals surface area contributed by atoms with Crippen molar-refractivity contribution in [3.63, 3.8) is 0 Å². The molecule has 0 radical (unpaired) electrons. The largest absolute Gasteiger partial charge is 0.463 e. The lowest BCUT2D eigenvalue weighted by Crippen LogP contribution is -2.63. The van der Waals surface area contributed by atoms with Gasteiger partial charge >= 0.3 is 23.9 Å². The van der Waals surface area contributed by atoms with Crippen LogP contribution in [-0.2, 0) is 47.6 Å². The van der Waals surface area contributed by atoms with Crippen LogP contribution in [0.15, 0.2) is 5.11 Å². The summed E-state index contributed by atoms with van der Waals surface area (Å²) in [5, 5.41) is 3.31. The van der Waals surface area contributed by atoms with E-state index in [1.165, 1.54) is 6.92 Å². The van der Waals surface area contributed by atoms with E-state index in [0.717, 1.165) is 20.8 Å². The van der Waals surface area contributed by atoms with E-state index in [4.69, 9.17) is 34.0 Å². The van der Waals surface area contributed by atoms with E-state index in [9.17, 15) is 19.2 Å². The summed E-state index contributed by atoms with van der Waals surface area (Å²) in [4.78, 5) is 48.5. The number of carbonyl (C=O) groups excluding carboxylic acids is 4. The summed E-state index contributed by atoms with van der Waals surface area (Å²) in [6, 6.07) is 0. The minimum absolute atomic E-state index is 0.0522. The fourth-order valence-electron chi connectivity index (χ4n) is 2.58. The van der Waals surface area contributed by atoms with Crippen molar-refractivity contribution in [1.29, 1.82) is 0 Å². The van der Waals surface area contributed by atoms with Gasteiger partial charge in [0.15, 0.2) is 24.6 Å². The molecule has 29 heavy (non-hydrogen) atoms. The Bertz CT molecular complexity index is 663. The first-order chi connectivity index (χ1) is 13.6. The molecule has 162 valence electrons. The van der Waals surface area contributed by atoms with E-state index in [1.807, 2.05) is 0 Å². The van der Waals surface area contributed by atoms with E-state index < -0.39 is 54.6 Å². The number of ether oxygens (including phenoxy) is 6. The normalized spacial score (nSPS) is 25.9. The Labute approximate surface area is 166 Å². The Morgan fingerprint density at radius 3 is 1.97 bits per heavy atom. The Morgan fingerprint density at radius 2 is 1.45 bits per heavy atom. The molecule has 1 rings (SSSR count). The Kier molecular flexibility index (Phi) is 9.86. The topological polar surface area (TPSA) is 172 Å². The van der Waals surface area contributed by atoms with Crippen LogP contribution in [0.5, 0.6) is 0 Å². The fraction of sp³-hybridized carbons (Fsp3) is 0.750. The van der Waals surface area contributed by atoms with Gasteiger partial charge in [-0.2, -0.15) is 0 Å². The molecule has 13 nitrogen and oxygen atoms in total. The summed E-state index contributed by atoms with van der Waals surface area (Å²) in [5.41, 5.74) is 8.35. The summed E-state index contributed by atoms with van der Waals surface area (Å²) in [7, 11) is 0. The zero-order chi connectivity index (χ0) is 22.0. The maximum Gasteiger partial charge on any atom is 0.303 e. The molecule has 0 aromatic carbocycles. The zero-order valence-corrected chi connectivity index (χ0v) is 16.4. The summed E-state index contributed by atoms with van der Waals surface area (Å²) in [6.45, 7) is 4.01. The molecule has 0 unspecified atom stereocenters. The highest BCUT2D eigenvalue weighted by Crippen LogP contribution is 2.29. The number of rotatable bonds is 9. The summed E-state index contributed by atoms with van der Waals surface area (Å²) >= 11 is 0. The number of hydrogen-bond acceptors (Lipinski definition) is 11. The molecule has 1 fully saturated rings. The van der Waals surface area contributed by atoms with Crippen LogP contribution < -0.4 is 0 Å². The lowest BCUT2D eigenvalue weighted by atomic mass is 9.98. The van der Waals surface area contributed by atoms with E-state index in [1.54, 1.807) is 0 Å². The SMILES string of the molecule is CC(=O)OC[C@H]1O[C@@H](OCCN=[N+]=[N-])[C@@H](OC(C)=O)[C@@H](OC(C)=O)[C@@H]1OC(C)=O. The van der Waals surface area contributed by atoms with Crippen molar-refractivity contribution in [1.82, 2.24) is 0 Å². The van der Waals surface area contributed by atoms with E-state index >= 15 is 0 Å². The Hall–Kier alpha value is -2.89. The second kappa shape index (κ2) is 11.8. The van der Waals surface area contributed by atoms with Crippen LogP contribution in [0.4, 0.5) is 0 Å². The van der Waals surface area contributed by atoms with E-state index in [2.05, 4.69) is 10.0 Å². The number of nitrogens with zero attached hydrogens (tertiary/aromatic N) is 3. The van der Waals surface area contributed by atoms with Gasteiger partial charge in [-0.3, -0.25) is 19.2 Å². The molecule has 0 aromatic heterocycles. The van der Waals surface area contributed by atoms with Gasteiger partial charge in [0, 0.05) is 39.2 Å². The van der Waals surface area contributed by atoms with Crippen LogP contribution >= 0.6 is 0 Å². The number of carbonyl (C=O) groups is 4. The molecule has 0 bridgehead atoms. The van der Waals surface area contributed by atoms with Crippen molar-refractivity contribution in [3.8, 4) is 0 Å². The molecule has 5 atom stereocenters. The molecule has 1 heterocycles. The number of esters is 4. The summed E-state index contributed by atoms with van der Waals surface area (Å²) < 4.78 is 31.7. The molecule has 0 amide bonds. The first kappa shape index (κ1) is 24.1. The lowest BCUT2D eigenvalue weighted by molar-refractivity contribution is -0.307. The van der Waals surface area contributed by atoms with E-state index in [0.29, 0.717) is 0 Å². The molecule has 1 aliphatic rings. The van der Waals surface area contributed by atoms with E-state index in [-0.39, 0.29) is 19.8 Å². The average molecular weight is 417 g/mol. The van der Waals surface area contributed by atoms with Gasteiger partial charge in [0.2, 0.25) is 0 Å². The molecule has 0 aliphatic carbocycles. The summed E-state index contributed by atoms with van der Waals surface area (Å²) in [5.74, 6) is -2.83. The standard InChI is InChI=1S/C16H23N3O10/c1-8(20)25-7-12-13(26-9(2)21)14(27-10(3)22)15(28-11(4)23)16(29-12)24-6-5-18-19-17/h12-16H,5-7H2,1-4H3/t12-,13-,14+,15+,16-/m1/s1. The highest BCUT2D eigenvalue weighted by Gasteiger charge is 2.52. The van der Waals surface area contributed by atoms with Gasteiger partial charge < -0.3 is 28.4 Å². The predicted octanol–water partition coefficient (Wildman–Crippen LogP) is 0.396. The molecule has 1 saturated heterocycles. The minimum atomic E-state index is -1.31. The van der Waals surface area contributed by atoms with Crippen LogP contribution in [0.2, 0.25) is 0 Å². The van der Waals surface area contributed by atoms with Crippen LogP contribution in [0, 0.1) is 0 Å². The lowest BCUT2D eigenvalue weighted by Gasteiger charge is -2.44. The van der Waals surface area contributed by atoms with Crippen LogP contribution in [-0.4, -0.2) is 74.3 Å². The van der Waals surface area contributed by atoms with Crippen molar-refractivity contribution < 1.29 is 47.6 Å². The third-order valence-electron chi connectivity index (χ3n) is 3.48. The van der Waals surface area contributed by atoms with Gasteiger partial charge in [-0.15, -0.1) is 0 Å². The van der Waals surface area contributed by atoms with Gasteiger partial charge in [-0.25, -0.2) is 0 Å². The van der Waals surface area contributed by atoms with Crippen molar-refractivity contribution in [2.24, 2.45) is 5.11 Å². The maximum absolute atomic E-state index is 11.6. The highest BCUT2D eigenvalue weighted by atomic mass is 16.7. The quantitative estimate of drug-likeness (QED) is 0.128. The van der Waals surface area contributed by atoms with Gasteiger partial charge in [0.1, 0.15) is 12.7 Å². The van der Waals surface area contributed by atoms with Crippen molar-refractivity contribution in [2.75, 3.05) is 19.8 Å². The Balaban J connectivity index is 3.22. The molecular weight excluding hydrogens is 394 g/mol. The van der Waals surface area contributed by atoms with Crippen LogP contribution in [0.3, 0.4) is 0 Å². The molecule has 0 aromatic rings. The van der Waals surface area contributed by atoms with Crippen LogP contribution in [0.1, 0.15) is 27.7 Å². The fourth-order valence-corrected chi connectivity index (χ4v) is 2.58. The average Bonchev–Trinajstić information content (AvgIpc) is 2.60. The van der Waals surface area contributed by atoms with Gasteiger partial charge in [-0.05, 0) is 5.53 Å². The first-order valence-electron chi connectivity index (χ1n) is 8.58. The number of hydrogen-bond donors (Lipinski definition) is 0.